The van der Waals surface area contributed by atoms with Gasteiger partial charge in [-0.25, -0.2) is 0 Å². The SMILES string of the molecule is c1ccc2c3c(ccc2c1)OC1C2CCC(C2)C31. The van der Waals surface area contributed by atoms with Gasteiger partial charge >= 0.3 is 0 Å². The standard InChI is InChI=1S/C17H16O/c1-2-4-13-10(3-1)7-8-14-16(13)15-11-5-6-12(9-11)17(15)18-14/h1-4,7-8,11-12,15,17H,5-6,9H2. The number of ether oxygens (including phenoxy) is 1. The first-order valence-corrected chi connectivity index (χ1v) is 7.10. The molecule has 0 aromatic heterocycles. The molecule has 2 aromatic carbocycles. The third-order valence-corrected chi connectivity index (χ3v) is 5.37. The minimum atomic E-state index is 0.490. The van der Waals surface area contributed by atoms with Crippen LogP contribution in [0.15, 0.2) is 36.4 Å². The summed E-state index contributed by atoms with van der Waals surface area (Å²) < 4.78 is 6.27. The molecule has 4 unspecified atom stereocenters. The van der Waals surface area contributed by atoms with Gasteiger partial charge in [-0.1, -0.05) is 30.3 Å². The van der Waals surface area contributed by atoms with Crippen molar-refractivity contribution in [2.24, 2.45) is 11.8 Å². The highest BCUT2D eigenvalue weighted by Gasteiger charge is 2.53. The van der Waals surface area contributed by atoms with E-state index >= 15 is 0 Å². The summed E-state index contributed by atoms with van der Waals surface area (Å²) in [5.41, 5.74) is 1.52. The molecule has 2 aromatic rings. The molecule has 0 spiro atoms. The van der Waals surface area contributed by atoms with Gasteiger partial charge in [-0.15, -0.1) is 0 Å². The molecule has 0 saturated heterocycles. The first-order valence-electron chi connectivity index (χ1n) is 7.10. The Labute approximate surface area is 107 Å². The van der Waals surface area contributed by atoms with E-state index in [0.29, 0.717) is 12.0 Å². The first kappa shape index (κ1) is 9.43. The zero-order valence-electron chi connectivity index (χ0n) is 10.3. The van der Waals surface area contributed by atoms with Crippen molar-refractivity contribution in [1.82, 2.24) is 0 Å². The molecule has 90 valence electrons. The van der Waals surface area contributed by atoms with Gasteiger partial charge in [0.05, 0.1) is 0 Å². The van der Waals surface area contributed by atoms with E-state index in [0.717, 1.165) is 11.8 Å². The maximum absolute atomic E-state index is 6.27. The molecule has 1 nitrogen and oxygen atoms in total. The van der Waals surface area contributed by atoms with Gasteiger partial charge in [0.2, 0.25) is 0 Å². The van der Waals surface area contributed by atoms with Gasteiger partial charge in [-0.05, 0) is 47.9 Å². The fourth-order valence-electron chi connectivity index (χ4n) is 4.68. The second-order valence-electron chi connectivity index (χ2n) is 6.14. The van der Waals surface area contributed by atoms with E-state index in [1.807, 2.05) is 0 Å². The number of hydrogen-bond donors (Lipinski definition) is 0. The Morgan fingerprint density at radius 3 is 2.83 bits per heavy atom. The summed E-state index contributed by atoms with van der Waals surface area (Å²) in [7, 11) is 0. The summed E-state index contributed by atoms with van der Waals surface area (Å²) in [6.07, 6.45) is 4.69. The van der Waals surface area contributed by atoms with Gasteiger partial charge in [-0.3, -0.25) is 0 Å². The number of rotatable bonds is 0. The molecular formula is C17H16O. The summed E-state index contributed by atoms with van der Waals surface area (Å²) in [6.45, 7) is 0. The van der Waals surface area contributed by atoms with Gasteiger partial charge in [0, 0.05) is 11.5 Å². The van der Waals surface area contributed by atoms with Gasteiger partial charge in [0.15, 0.2) is 0 Å². The monoisotopic (exact) mass is 236 g/mol. The second-order valence-corrected chi connectivity index (χ2v) is 6.14. The average Bonchev–Trinajstić information content (AvgIpc) is 3.09. The highest BCUT2D eigenvalue weighted by atomic mass is 16.5. The Hall–Kier alpha value is -1.50. The van der Waals surface area contributed by atoms with Crippen LogP contribution in [0.4, 0.5) is 0 Å². The van der Waals surface area contributed by atoms with Crippen LogP contribution in [-0.2, 0) is 0 Å². The fourth-order valence-corrected chi connectivity index (χ4v) is 4.68. The fraction of sp³-hybridized carbons (Fsp3) is 0.412. The summed E-state index contributed by atoms with van der Waals surface area (Å²) in [4.78, 5) is 0. The lowest BCUT2D eigenvalue weighted by Gasteiger charge is -2.23. The number of fused-ring (bicyclic) bond motifs is 9. The highest BCUT2D eigenvalue weighted by Crippen LogP contribution is 2.60. The molecule has 0 N–H and O–H groups in total. The molecular weight excluding hydrogens is 220 g/mol. The van der Waals surface area contributed by atoms with Crippen LogP contribution in [0.25, 0.3) is 10.8 Å². The summed E-state index contributed by atoms with van der Waals surface area (Å²) in [5, 5.41) is 2.79. The lowest BCUT2D eigenvalue weighted by Crippen LogP contribution is -2.25. The van der Waals surface area contributed by atoms with Crippen LogP contribution in [0.3, 0.4) is 0 Å². The number of hydrogen-bond acceptors (Lipinski definition) is 1. The molecule has 2 aliphatic carbocycles. The second kappa shape index (κ2) is 3.09. The molecule has 1 aliphatic heterocycles. The van der Waals surface area contributed by atoms with E-state index in [2.05, 4.69) is 36.4 Å². The third-order valence-electron chi connectivity index (χ3n) is 5.37. The molecule has 3 aliphatic rings. The maximum Gasteiger partial charge on any atom is 0.124 e. The molecule has 18 heavy (non-hydrogen) atoms. The van der Waals surface area contributed by atoms with E-state index in [1.165, 1.54) is 41.3 Å². The molecule has 4 atom stereocenters. The molecule has 0 radical (unpaired) electrons. The Bertz CT molecular complexity index is 645. The van der Waals surface area contributed by atoms with Crippen molar-refractivity contribution >= 4 is 10.8 Å². The predicted octanol–water partition coefficient (Wildman–Crippen LogP) is 4.11. The van der Waals surface area contributed by atoms with E-state index in [4.69, 9.17) is 4.74 Å². The molecule has 2 saturated carbocycles. The van der Waals surface area contributed by atoms with Crippen LogP contribution in [0, 0.1) is 11.8 Å². The lowest BCUT2D eigenvalue weighted by molar-refractivity contribution is 0.148. The van der Waals surface area contributed by atoms with Crippen molar-refractivity contribution < 1.29 is 4.74 Å². The largest absolute Gasteiger partial charge is 0.489 e. The molecule has 1 heteroatoms. The number of benzene rings is 2. The zero-order valence-corrected chi connectivity index (χ0v) is 10.3. The maximum atomic E-state index is 6.27. The van der Waals surface area contributed by atoms with Crippen LogP contribution in [0.1, 0.15) is 30.7 Å². The van der Waals surface area contributed by atoms with E-state index in [1.54, 1.807) is 0 Å². The van der Waals surface area contributed by atoms with Crippen molar-refractivity contribution in [3.63, 3.8) is 0 Å². The smallest absolute Gasteiger partial charge is 0.124 e. The van der Waals surface area contributed by atoms with E-state index < -0.39 is 0 Å². The van der Waals surface area contributed by atoms with Gasteiger partial charge in [0.25, 0.3) is 0 Å². The van der Waals surface area contributed by atoms with Crippen molar-refractivity contribution in [1.29, 1.82) is 0 Å². The minimum absolute atomic E-state index is 0.490. The van der Waals surface area contributed by atoms with Crippen LogP contribution in [0.5, 0.6) is 5.75 Å². The van der Waals surface area contributed by atoms with Crippen molar-refractivity contribution in [2.75, 3.05) is 0 Å². The van der Waals surface area contributed by atoms with Crippen molar-refractivity contribution in [2.45, 2.75) is 31.3 Å². The molecule has 2 fully saturated rings. The van der Waals surface area contributed by atoms with Crippen molar-refractivity contribution in [3.8, 4) is 5.75 Å². The first-order chi connectivity index (χ1) is 8.92. The van der Waals surface area contributed by atoms with Crippen LogP contribution >= 0.6 is 0 Å². The Morgan fingerprint density at radius 2 is 1.83 bits per heavy atom. The average molecular weight is 236 g/mol. The quantitative estimate of drug-likeness (QED) is 0.668. The topological polar surface area (TPSA) is 9.23 Å². The van der Waals surface area contributed by atoms with Crippen LogP contribution in [0.2, 0.25) is 0 Å². The molecule has 1 heterocycles. The highest BCUT2D eigenvalue weighted by molar-refractivity contribution is 5.89. The zero-order chi connectivity index (χ0) is 11.7. The van der Waals surface area contributed by atoms with Gasteiger partial charge in [-0.2, -0.15) is 0 Å². The Kier molecular flexibility index (Phi) is 1.62. The summed E-state index contributed by atoms with van der Waals surface area (Å²) in [6, 6.07) is 13.2. The van der Waals surface area contributed by atoms with Gasteiger partial charge in [0.1, 0.15) is 11.9 Å². The predicted molar refractivity (Wildman–Crippen MR) is 71.9 cm³/mol. The lowest BCUT2D eigenvalue weighted by atomic mass is 9.81. The Morgan fingerprint density at radius 1 is 0.944 bits per heavy atom. The normalized spacial score (nSPS) is 35.6. The van der Waals surface area contributed by atoms with Crippen LogP contribution < -0.4 is 4.74 Å². The molecule has 0 amide bonds. The summed E-state index contributed by atoms with van der Waals surface area (Å²) >= 11 is 0. The molecule has 2 bridgehead atoms. The van der Waals surface area contributed by atoms with Crippen LogP contribution in [-0.4, -0.2) is 6.10 Å². The van der Waals surface area contributed by atoms with Gasteiger partial charge < -0.3 is 4.74 Å². The molecule has 5 rings (SSSR count). The van der Waals surface area contributed by atoms with E-state index in [-0.39, 0.29) is 0 Å². The third kappa shape index (κ3) is 0.996. The van der Waals surface area contributed by atoms with Crippen molar-refractivity contribution in [3.05, 3.63) is 42.0 Å². The Balaban J connectivity index is 1.80. The minimum Gasteiger partial charge on any atom is -0.489 e. The summed E-state index contributed by atoms with van der Waals surface area (Å²) in [5.74, 6) is 3.56. The van der Waals surface area contributed by atoms with E-state index in [9.17, 15) is 0 Å².